The second kappa shape index (κ2) is 6.77. The van der Waals surface area contributed by atoms with Crippen LogP contribution in [0.3, 0.4) is 0 Å². The maximum Gasteiger partial charge on any atom is 0.240 e. The van der Waals surface area contributed by atoms with Crippen LogP contribution in [0.1, 0.15) is 17.8 Å². The number of anilines is 2. The van der Waals surface area contributed by atoms with Crippen LogP contribution in [0.4, 0.5) is 11.5 Å². The van der Waals surface area contributed by atoms with Crippen LogP contribution >= 0.6 is 0 Å². The first-order chi connectivity index (χ1) is 11.8. The Balaban J connectivity index is 1.76. The Hall–Kier alpha value is -2.52. The summed E-state index contributed by atoms with van der Waals surface area (Å²) < 4.78 is 27.5. The van der Waals surface area contributed by atoms with Gasteiger partial charge in [0.1, 0.15) is 11.6 Å². The van der Waals surface area contributed by atoms with Gasteiger partial charge >= 0.3 is 0 Å². The number of aromatic nitrogens is 2. The van der Waals surface area contributed by atoms with Gasteiger partial charge in [0.05, 0.1) is 11.4 Å². The predicted octanol–water partition coefficient (Wildman–Crippen LogP) is 0.906. The molecule has 0 aliphatic carbocycles. The minimum absolute atomic E-state index is 0.00215. The van der Waals surface area contributed by atoms with Crippen molar-refractivity contribution < 1.29 is 13.2 Å². The van der Waals surface area contributed by atoms with Crippen molar-refractivity contribution in [3.8, 4) is 0 Å². The number of carbonyl (C=O) groups is 1. The van der Waals surface area contributed by atoms with Crippen LogP contribution in [-0.4, -0.2) is 38.4 Å². The zero-order chi connectivity index (χ0) is 18.0. The molecule has 2 aromatic rings. The van der Waals surface area contributed by atoms with Gasteiger partial charge in [0, 0.05) is 32.4 Å². The van der Waals surface area contributed by atoms with E-state index >= 15 is 0 Å². The van der Waals surface area contributed by atoms with Crippen molar-refractivity contribution in [2.45, 2.75) is 24.3 Å². The Morgan fingerprint density at radius 3 is 2.80 bits per heavy atom. The standard InChI is InChI=1S/C16H19N5O3S/c1-21(2)15-7-8-17-14(20-15)10-18-25(23,24)12-4-5-13-11(9-12)3-6-16(22)19-13/h4-5,7-9,18H,3,6,10H2,1-2H3,(H,19,22). The van der Waals surface area contributed by atoms with E-state index in [2.05, 4.69) is 20.0 Å². The minimum atomic E-state index is -3.69. The molecule has 1 aromatic heterocycles. The molecule has 3 rings (SSSR count). The lowest BCUT2D eigenvalue weighted by molar-refractivity contribution is -0.116. The van der Waals surface area contributed by atoms with Crippen molar-refractivity contribution >= 4 is 27.4 Å². The molecule has 0 radical (unpaired) electrons. The molecule has 1 amide bonds. The number of hydrogen-bond donors (Lipinski definition) is 2. The molecule has 25 heavy (non-hydrogen) atoms. The van der Waals surface area contributed by atoms with Gasteiger partial charge in [0.2, 0.25) is 15.9 Å². The smallest absolute Gasteiger partial charge is 0.240 e. The van der Waals surface area contributed by atoms with Crippen molar-refractivity contribution in [3.63, 3.8) is 0 Å². The molecule has 132 valence electrons. The third kappa shape index (κ3) is 3.94. The molecule has 9 heteroatoms. The first-order valence-corrected chi connectivity index (χ1v) is 9.25. The summed E-state index contributed by atoms with van der Waals surface area (Å²) in [6.07, 6.45) is 2.47. The predicted molar refractivity (Wildman–Crippen MR) is 93.8 cm³/mol. The Kier molecular flexibility index (Phi) is 4.69. The van der Waals surface area contributed by atoms with Crippen LogP contribution in [0, 0.1) is 0 Å². The first kappa shape index (κ1) is 17.3. The largest absolute Gasteiger partial charge is 0.363 e. The van der Waals surface area contributed by atoms with E-state index in [1.807, 2.05) is 19.0 Å². The van der Waals surface area contributed by atoms with E-state index < -0.39 is 10.0 Å². The highest BCUT2D eigenvalue weighted by Crippen LogP contribution is 2.25. The van der Waals surface area contributed by atoms with Crippen molar-refractivity contribution in [2.24, 2.45) is 0 Å². The van der Waals surface area contributed by atoms with E-state index in [1.54, 1.807) is 24.4 Å². The second-order valence-electron chi connectivity index (χ2n) is 5.92. The molecular formula is C16H19N5O3S. The van der Waals surface area contributed by atoms with Crippen LogP contribution in [0.25, 0.3) is 0 Å². The summed E-state index contributed by atoms with van der Waals surface area (Å²) in [6.45, 7) is -0.00215. The number of amides is 1. The third-order valence-corrected chi connectivity index (χ3v) is 5.25. The fraction of sp³-hybridized carbons (Fsp3) is 0.312. The van der Waals surface area contributed by atoms with Crippen molar-refractivity contribution in [1.29, 1.82) is 0 Å². The number of fused-ring (bicyclic) bond motifs is 1. The molecule has 2 N–H and O–H groups in total. The lowest BCUT2D eigenvalue weighted by atomic mass is 10.0. The molecule has 1 aliphatic rings. The molecule has 1 aromatic carbocycles. The summed E-state index contributed by atoms with van der Waals surface area (Å²) >= 11 is 0. The number of hydrogen-bond acceptors (Lipinski definition) is 6. The van der Waals surface area contributed by atoms with Gasteiger partial charge in [-0.3, -0.25) is 4.79 Å². The molecule has 0 bridgehead atoms. The molecule has 0 atom stereocenters. The molecular weight excluding hydrogens is 342 g/mol. The number of carbonyl (C=O) groups excluding carboxylic acids is 1. The number of aryl methyl sites for hydroxylation is 1. The molecule has 1 aliphatic heterocycles. The normalized spacial score (nSPS) is 13.9. The zero-order valence-corrected chi connectivity index (χ0v) is 14.8. The van der Waals surface area contributed by atoms with Crippen molar-refractivity contribution in [1.82, 2.24) is 14.7 Å². The summed E-state index contributed by atoms with van der Waals surface area (Å²) in [5, 5.41) is 2.73. The highest BCUT2D eigenvalue weighted by molar-refractivity contribution is 7.89. The Morgan fingerprint density at radius 1 is 1.24 bits per heavy atom. The average molecular weight is 361 g/mol. The van der Waals surface area contributed by atoms with E-state index in [-0.39, 0.29) is 17.3 Å². The minimum Gasteiger partial charge on any atom is -0.363 e. The van der Waals surface area contributed by atoms with Gasteiger partial charge in [0.15, 0.2) is 0 Å². The maximum atomic E-state index is 12.5. The van der Waals surface area contributed by atoms with Crippen molar-refractivity contribution in [3.05, 3.63) is 41.9 Å². The van der Waals surface area contributed by atoms with E-state index in [4.69, 9.17) is 0 Å². The van der Waals surface area contributed by atoms with Crippen molar-refractivity contribution in [2.75, 3.05) is 24.3 Å². The Bertz CT molecular complexity index is 912. The molecule has 0 spiro atoms. The van der Waals surface area contributed by atoms with E-state index in [1.165, 1.54) is 6.07 Å². The van der Waals surface area contributed by atoms with Crippen LogP contribution in [0.15, 0.2) is 35.4 Å². The highest BCUT2D eigenvalue weighted by Gasteiger charge is 2.20. The van der Waals surface area contributed by atoms with Gasteiger partial charge in [0.25, 0.3) is 0 Å². The number of rotatable bonds is 5. The maximum absolute atomic E-state index is 12.5. The monoisotopic (exact) mass is 361 g/mol. The molecule has 0 unspecified atom stereocenters. The van der Waals surface area contributed by atoms with Gasteiger partial charge < -0.3 is 10.2 Å². The Morgan fingerprint density at radius 2 is 2.04 bits per heavy atom. The molecule has 8 nitrogen and oxygen atoms in total. The van der Waals surface area contributed by atoms with E-state index in [0.717, 1.165) is 5.56 Å². The zero-order valence-electron chi connectivity index (χ0n) is 14.0. The number of nitrogens with zero attached hydrogens (tertiary/aromatic N) is 3. The lowest BCUT2D eigenvalue weighted by Crippen LogP contribution is -2.25. The summed E-state index contributed by atoms with van der Waals surface area (Å²) in [4.78, 5) is 21.7. The number of benzene rings is 1. The number of sulfonamides is 1. The SMILES string of the molecule is CN(C)c1ccnc(CNS(=O)(=O)c2ccc3c(c2)CCC(=O)N3)n1. The van der Waals surface area contributed by atoms with Gasteiger partial charge in [-0.1, -0.05) is 0 Å². The van der Waals surface area contributed by atoms with E-state index in [0.29, 0.717) is 30.2 Å². The van der Waals surface area contributed by atoms with Gasteiger partial charge in [-0.05, 0) is 36.2 Å². The van der Waals surface area contributed by atoms with Crippen LogP contribution < -0.4 is 14.9 Å². The first-order valence-electron chi connectivity index (χ1n) is 7.77. The fourth-order valence-electron chi connectivity index (χ4n) is 2.49. The topological polar surface area (TPSA) is 104 Å². The summed E-state index contributed by atoms with van der Waals surface area (Å²) in [7, 11) is 0.00388. The highest BCUT2D eigenvalue weighted by atomic mass is 32.2. The van der Waals surface area contributed by atoms with Gasteiger partial charge in [-0.2, -0.15) is 0 Å². The molecule has 2 heterocycles. The summed E-state index contributed by atoms with van der Waals surface area (Å²) in [5.74, 6) is 1.04. The summed E-state index contributed by atoms with van der Waals surface area (Å²) in [5.41, 5.74) is 1.48. The Labute approximate surface area is 146 Å². The van der Waals surface area contributed by atoms with Gasteiger partial charge in [-0.15, -0.1) is 0 Å². The van der Waals surface area contributed by atoms with E-state index in [9.17, 15) is 13.2 Å². The summed E-state index contributed by atoms with van der Waals surface area (Å²) in [6, 6.07) is 6.43. The van der Waals surface area contributed by atoms with Gasteiger partial charge in [-0.25, -0.2) is 23.1 Å². The lowest BCUT2D eigenvalue weighted by Gasteiger charge is -2.17. The quantitative estimate of drug-likeness (QED) is 0.820. The molecule has 0 saturated heterocycles. The van der Waals surface area contributed by atoms with Crippen LogP contribution in [-0.2, 0) is 27.8 Å². The molecule has 0 fully saturated rings. The fourth-order valence-corrected chi connectivity index (χ4v) is 3.52. The third-order valence-electron chi connectivity index (χ3n) is 3.85. The average Bonchev–Trinajstić information content (AvgIpc) is 2.59. The second-order valence-corrected chi connectivity index (χ2v) is 7.68. The molecule has 0 saturated carbocycles. The number of nitrogens with one attached hydrogen (secondary N) is 2. The van der Waals surface area contributed by atoms with Crippen LogP contribution in [0.5, 0.6) is 0 Å². The van der Waals surface area contributed by atoms with Crippen LogP contribution in [0.2, 0.25) is 0 Å².